The summed E-state index contributed by atoms with van der Waals surface area (Å²) in [5.74, 6) is 2.31. The maximum atomic E-state index is 12.9. The molecule has 240 valence electrons. The Bertz CT molecular complexity index is 1550. The van der Waals surface area contributed by atoms with Gasteiger partial charge in [0.25, 0.3) is 0 Å². The van der Waals surface area contributed by atoms with Gasteiger partial charge < -0.3 is 23.7 Å². The minimum absolute atomic E-state index is 0.169. The highest BCUT2D eigenvalue weighted by Crippen LogP contribution is 2.26. The molecule has 0 bridgehead atoms. The van der Waals surface area contributed by atoms with Gasteiger partial charge in [0.05, 0.1) is 46.0 Å². The number of sulfone groups is 2. The predicted molar refractivity (Wildman–Crippen MR) is 170 cm³/mol. The molecule has 0 N–H and O–H groups in total. The SMILES string of the molecule is CCCOc1ccc(S(=O)(=O)c2ccc(OCCOCCOc3ccc(S(=O)(=O)c4ccc(OCCC)cc4)cc3)cc2)cc1. The molecule has 0 spiro atoms. The zero-order valence-electron chi connectivity index (χ0n) is 25.4. The van der Waals surface area contributed by atoms with Crippen LogP contribution in [0.4, 0.5) is 0 Å². The fraction of sp³-hybridized carbons (Fsp3) is 0.294. The van der Waals surface area contributed by atoms with Gasteiger partial charge in [0.2, 0.25) is 19.7 Å². The topological polar surface area (TPSA) is 114 Å². The molecular formula is C34H38O9S2. The first kappa shape index (κ1) is 33.8. The van der Waals surface area contributed by atoms with Crippen molar-refractivity contribution in [3.05, 3.63) is 97.1 Å². The summed E-state index contributed by atoms with van der Waals surface area (Å²) < 4.78 is 79.7. The lowest BCUT2D eigenvalue weighted by molar-refractivity contribution is 0.0764. The van der Waals surface area contributed by atoms with E-state index in [0.717, 1.165) is 12.8 Å². The Labute approximate surface area is 265 Å². The molecule has 0 aromatic heterocycles. The van der Waals surface area contributed by atoms with Crippen molar-refractivity contribution in [1.29, 1.82) is 0 Å². The fourth-order valence-corrected chi connectivity index (χ4v) is 6.63. The van der Waals surface area contributed by atoms with Gasteiger partial charge in [0.15, 0.2) is 0 Å². The highest BCUT2D eigenvalue weighted by Gasteiger charge is 2.19. The molecule has 0 aliphatic rings. The van der Waals surface area contributed by atoms with Crippen molar-refractivity contribution in [2.75, 3.05) is 39.6 Å². The Balaban J connectivity index is 1.16. The average Bonchev–Trinajstić information content (AvgIpc) is 3.06. The molecule has 11 heteroatoms. The van der Waals surface area contributed by atoms with Crippen LogP contribution in [-0.2, 0) is 24.4 Å². The zero-order valence-corrected chi connectivity index (χ0v) is 27.0. The van der Waals surface area contributed by atoms with E-state index in [1.807, 2.05) is 13.8 Å². The van der Waals surface area contributed by atoms with Crippen LogP contribution in [0.1, 0.15) is 26.7 Å². The molecule has 0 atom stereocenters. The van der Waals surface area contributed by atoms with Crippen LogP contribution in [0.15, 0.2) is 117 Å². The third kappa shape index (κ3) is 9.46. The van der Waals surface area contributed by atoms with Crippen molar-refractivity contribution in [2.45, 2.75) is 46.3 Å². The van der Waals surface area contributed by atoms with E-state index in [9.17, 15) is 16.8 Å². The number of hydrogen-bond acceptors (Lipinski definition) is 9. The summed E-state index contributed by atoms with van der Waals surface area (Å²) in [5, 5.41) is 0. The molecule has 0 heterocycles. The first-order chi connectivity index (χ1) is 21.7. The highest BCUT2D eigenvalue weighted by molar-refractivity contribution is 7.91. The van der Waals surface area contributed by atoms with Crippen LogP contribution in [0.5, 0.6) is 23.0 Å². The van der Waals surface area contributed by atoms with Gasteiger partial charge in [0, 0.05) is 0 Å². The van der Waals surface area contributed by atoms with Gasteiger partial charge in [-0.15, -0.1) is 0 Å². The number of rotatable bonds is 18. The van der Waals surface area contributed by atoms with Gasteiger partial charge in [0.1, 0.15) is 36.2 Å². The van der Waals surface area contributed by atoms with Gasteiger partial charge in [-0.3, -0.25) is 0 Å². The van der Waals surface area contributed by atoms with E-state index in [1.165, 1.54) is 48.5 Å². The van der Waals surface area contributed by atoms with Crippen LogP contribution < -0.4 is 18.9 Å². The lowest BCUT2D eigenvalue weighted by Gasteiger charge is -2.10. The van der Waals surface area contributed by atoms with E-state index in [4.69, 9.17) is 23.7 Å². The van der Waals surface area contributed by atoms with Gasteiger partial charge in [-0.2, -0.15) is 0 Å². The summed E-state index contributed by atoms with van der Waals surface area (Å²) in [6, 6.07) is 25.2. The maximum Gasteiger partial charge on any atom is 0.206 e. The second kappa shape index (κ2) is 16.3. The number of hydrogen-bond donors (Lipinski definition) is 0. The molecule has 4 rings (SSSR count). The Morgan fingerprint density at radius 3 is 0.867 bits per heavy atom. The third-order valence-electron chi connectivity index (χ3n) is 6.47. The van der Waals surface area contributed by atoms with E-state index in [2.05, 4.69) is 0 Å². The molecule has 0 fully saturated rings. The van der Waals surface area contributed by atoms with Crippen molar-refractivity contribution in [2.24, 2.45) is 0 Å². The molecule has 4 aromatic carbocycles. The first-order valence-corrected chi connectivity index (χ1v) is 17.7. The molecule has 9 nitrogen and oxygen atoms in total. The van der Waals surface area contributed by atoms with Crippen molar-refractivity contribution in [3.63, 3.8) is 0 Å². The average molecular weight is 655 g/mol. The normalized spacial score (nSPS) is 11.6. The molecular weight excluding hydrogens is 616 g/mol. The van der Waals surface area contributed by atoms with E-state index in [1.54, 1.807) is 48.5 Å². The number of ether oxygens (including phenoxy) is 5. The summed E-state index contributed by atoms with van der Waals surface area (Å²) in [5.41, 5.74) is 0. The second-order valence-corrected chi connectivity index (χ2v) is 13.8. The summed E-state index contributed by atoms with van der Waals surface area (Å²) in [7, 11) is -7.32. The predicted octanol–water partition coefficient (Wildman–Crippen LogP) is 6.40. The smallest absolute Gasteiger partial charge is 0.206 e. The highest BCUT2D eigenvalue weighted by atomic mass is 32.2. The van der Waals surface area contributed by atoms with Gasteiger partial charge in [-0.05, 0) is 110 Å². The minimum atomic E-state index is -3.66. The fourth-order valence-electron chi connectivity index (χ4n) is 4.11. The molecule has 0 aliphatic carbocycles. The lowest BCUT2D eigenvalue weighted by atomic mass is 10.3. The van der Waals surface area contributed by atoms with Crippen LogP contribution in [0.3, 0.4) is 0 Å². The molecule has 0 aliphatic heterocycles. The summed E-state index contributed by atoms with van der Waals surface area (Å²) >= 11 is 0. The maximum absolute atomic E-state index is 12.9. The molecule has 0 saturated carbocycles. The molecule has 4 aromatic rings. The number of benzene rings is 4. The van der Waals surface area contributed by atoms with Crippen LogP contribution in [0, 0.1) is 0 Å². The molecule has 0 unspecified atom stereocenters. The minimum Gasteiger partial charge on any atom is -0.494 e. The standard InChI is InChI=1S/C34H38O9S2/c1-3-21-40-27-5-13-31(14-6-27)44(35,36)33-17-9-29(10-18-33)42-25-23-39-24-26-43-30-11-19-34(20-12-30)45(37,38)32-15-7-28(8-16-32)41-22-4-2/h5-20H,3-4,21-26H2,1-2H3. The lowest BCUT2D eigenvalue weighted by Crippen LogP contribution is -2.12. The zero-order chi connectivity index (χ0) is 32.1. The quantitative estimate of drug-likeness (QED) is 0.112. The van der Waals surface area contributed by atoms with E-state index < -0.39 is 19.7 Å². The van der Waals surface area contributed by atoms with Crippen molar-refractivity contribution in [3.8, 4) is 23.0 Å². The molecule has 0 amide bonds. The van der Waals surface area contributed by atoms with Gasteiger partial charge in [-0.25, -0.2) is 16.8 Å². The monoisotopic (exact) mass is 654 g/mol. The second-order valence-electron chi connectivity index (χ2n) is 9.90. The summed E-state index contributed by atoms with van der Waals surface area (Å²) in [6.07, 6.45) is 1.74. The van der Waals surface area contributed by atoms with Crippen molar-refractivity contribution >= 4 is 19.7 Å². The van der Waals surface area contributed by atoms with Crippen LogP contribution in [0.25, 0.3) is 0 Å². The van der Waals surface area contributed by atoms with E-state index >= 15 is 0 Å². The third-order valence-corrected chi connectivity index (χ3v) is 10.0. The van der Waals surface area contributed by atoms with Gasteiger partial charge >= 0.3 is 0 Å². The molecule has 0 saturated heterocycles. The van der Waals surface area contributed by atoms with Crippen LogP contribution in [-0.4, -0.2) is 56.5 Å². The first-order valence-electron chi connectivity index (χ1n) is 14.7. The molecule has 0 radical (unpaired) electrons. The van der Waals surface area contributed by atoms with Crippen molar-refractivity contribution in [1.82, 2.24) is 0 Å². The summed E-state index contributed by atoms with van der Waals surface area (Å²) in [4.78, 5) is 0.720. The van der Waals surface area contributed by atoms with E-state index in [0.29, 0.717) is 49.4 Å². The van der Waals surface area contributed by atoms with E-state index in [-0.39, 0.29) is 32.8 Å². The van der Waals surface area contributed by atoms with Crippen LogP contribution in [0.2, 0.25) is 0 Å². The van der Waals surface area contributed by atoms with Crippen molar-refractivity contribution < 1.29 is 40.5 Å². The summed E-state index contributed by atoms with van der Waals surface area (Å²) in [6.45, 7) is 6.29. The van der Waals surface area contributed by atoms with Gasteiger partial charge in [-0.1, -0.05) is 13.8 Å². The Hall–Kier alpha value is -4.06. The Morgan fingerprint density at radius 2 is 0.622 bits per heavy atom. The Morgan fingerprint density at radius 1 is 0.378 bits per heavy atom. The largest absolute Gasteiger partial charge is 0.494 e. The Kier molecular flexibility index (Phi) is 12.3. The van der Waals surface area contributed by atoms with Crippen LogP contribution >= 0.6 is 0 Å². The molecule has 45 heavy (non-hydrogen) atoms.